The van der Waals surface area contributed by atoms with E-state index in [2.05, 4.69) is 10.2 Å². The van der Waals surface area contributed by atoms with E-state index in [0.717, 1.165) is 36.3 Å². The highest BCUT2D eigenvalue weighted by molar-refractivity contribution is 7.14. The normalized spacial score (nSPS) is 17.8. The van der Waals surface area contributed by atoms with Gasteiger partial charge in [0.1, 0.15) is 16.6 Å². The molecule has 0 unspecified atom stereocenters. The van der Waals surface area contributed by atoms with Crippen LogP contribution in [-0.4, -0.2) is 57.5 Å². The molecule has 0 radical (unpaired) electrons. The summed E-state index contributed by atoms with van der Waals surface area (Å²) < 4.78 is 34.1. The Morgan fingerprint density at radius 1 is 1.24 bits per heavy atom. The number of benzene rings is 1. The Hall–Kier alpha value is -3.18. The van der Waals surface area contributed by atoms with Crippen LogP contribution < -0.4 is 5.43 Å². The molecule has 8 nitrogen and oxygen atoms in total. The Kier molecular flexibility index (Phi) is 5.90. The number of fused-ring (bicyclic) bond motifs is 1. The van der Waals surface area contributed by atoms with Crippen LogP contribution in [0.3, 0.4) is 0 Å². The van der Waals surface area contributed by atoms with Crippen molar-refractivity contribution in [1.82, 2.24) is 19.7 Å². The number of halogens is 2. The number of amides is 1. The number of hydrogen-bond donors (Lipinski definition) is 1. The van der Waals surface area contributed by atoms with Crippen molar-refractivity contribution in [3.05, 3.63) is 62.5 Å². The van der Waals surface area contributed by atoms with Crippen molar-refractivity contribution in [3.8, 4) is 16.3 Å². The lowest BCUT2D eigenvalue weighted by molar-refractivity contribution is 0.0568. The van der Waals surface area contributed by atoms with Gasteiger partial charge in [-0.1, -0.05) is 17.4 Å². The Bertz CT molecular complexity index is 1320. The van der Waals surface area contributed by atoms with Gasteiger partial charge in [-0.25, -0.2) is 8.78 Å². The molecule has 2 aromatic heterocycles. The molecule has 2 aliphatic rings. The average Bonchev–Trinajstić information content (AvgIpc) is 3.50. The summed E-state index contributed by atoms with van der Waals surface area (Å²) in [6.07, 6.45) is 3.72. The number of aromatic nitrogens is 3. The van der Waals surface area contributed by atoms with Gasteiger partial charge in [0, 0.05) is 38.9 Å². The van der Waals surface area contributed by atoms with Gasteiger partial charge < -0.3 is 19.3 Å². The van der Waals surface area contributed by atoms with E-state index in [9.17, 15) is 23.5 Å². The molecule has 1 saturated carbocycles. The molecule has 1 N–H and O–H groups in total. The third kappa shape index (κ3) is 4.21. The fourth-order valence-electron chi connectivity index (χ4n) is 4.20. The predicted octanol–water partition coefficient (Wildman–Crippen LogP) is 2.99. The first-order valence-electron chi connectivity index (χ1n) is 10.9. The molecular formula is C23H22F2N4O4S. The second kappa shape index (κ2) is 8.88. The van der Waals surface area contributed by atoms with E-state index < -0.39 is 22.8 Å². The number of nitrogens with zero attached hydrogens (tertiary/aromatic N) is 4. The van der Waals surface area contributed by atoms with Crippen molar-refractivity contribution in [1.29, 1.82) is 0 Å². The second-order valence-electron chi connectivity index (χ2n) is 8.65. The number of aromatic hydroxyl groups is 1. The molecule has 1 atom stereocenters. The molecular weight excluding hydrogens is 466 g/mol. The number of carbonyl (C=O) groups is 1. The highest BCUT2D eigenvalue weighted by Crippen LogP contribution is 2.35. The van der Waals surface area contributed by atoms with Crippen LogP contribution in [0.1, 0.15) is 39.9 Å². The summed E-state index contributed by atoms with van der Waals surface area (Å²) in [5.41, 5.74) is -0.440. The second-order valence-corrected chi connectivity index (χ2v) is 9.71. The maximum absolute atomic E-state index is 14.0. The van der Waals surface area contributed by atoms with Crippen LogP contribution in [0.15, 0.2) is 29.2 Å². The third-order valence-corrected chi connectivity index (χ3v) is 7.07. The molecule has 178 valence electrons. The minimum Gasteiger partial charge on any atom is -0.503 e. The van der Waals surface area contributed by atoms with Crippen LogP contribution >= 0.6 is 11.3 Å². The van der Waals surface area contributed by atoms with Gasteiger partial charge >= 0.3 is 0 Å². The van der Waals surface area contributed by atoms with Crippen LogP contribution in [-0.2, 0) is 11.2 Å². The van der Waals surface area contributed by atoms with Gasteiger partial charge in [0.15, 0.2) is 16.5 Å². The SMILES string of the molecule is COC[C@H]1CN(CC2CC2)C(=O)c2c(O)c(=O)c(-c3nnc(Cc4ccc(F)cc4F)s3)cn21. The number of rotatable bonds is 7. The maximum Gasteiger partial charge on any atom is 0.274 e. The fourth-order valence-corrected chi connectivity index (χ4v) is 5.07. The van der Waals surface area contributed by atoms with E-state index in [0.29, 0.717) is 24.0 Å². The van der Waals surface area contributed by atoms with Gasteiger partial charge in [0.05, 0.1) is 18.2 Å². The van der Waals surface area contributed by atoms with Gasteiger partial charge in [-0.15, -0.1) is 10.2 Å². The summed E-state index contributed by atoms with van der Waals surface area (Å²) in [5, 5.41) is 19.5. The lowest BCUT2D eigenvalue weighted by Crippen LogP contribution is -2.46. The predicted molar refractivity (Wildman–Crippen MR) is 120 cm³/mol. The minimum atomic E-state index is -0.722. The molecule has 1 aliphatic heterocycles. The highest BCUT2D eigenvalue weighted by Gasteiger charge is 2.37. The molecule has 1 amide bonds. The van der Waals surface area contributed by atoms with Gasteiger partial charge in [-0.05, 0) is 30.4 Å². The van der Waals surface area contributed by atoms with Crippen molar-refractivity contribution < 1.29 is 23.4 Å². The van der Waals surface area contributed by atoms with Gasteiger partial charge in [0.25, 0.3) is 5.91 Å². The monoisotopic (exact) mass is 488 g/mol. The largest absolute Gasteiger partial charge is 0.503 e. The van der Waals surface area contributed by atoms with Crippen LogP contribution in [0.2, 0.25) is 0 Å². The summed E-state index contributed by atoms with van der Waals surface area (Å²) in [6.45, 7) is 1.28. The van der Waals surface area contributed by atoms with Gasteiger partial charge in [-0.3, -0.25) is 9.59 Å². The standard InChI is InChI=1S/C23H22F2N4O4S/c1-33-11-15-9-28(8-12-2-3-12)23(32)19-21(31)20(30)16(10-29(15)19)22-27-26-18(34-22)6-13-4-5-14(24)7-17(13)25/h4-5,7,10,12,15,31H,2-3,6,8-9,11H2,1H3/t15-/m1/s1. The zero-order valence-electron chi connectivity index (χ0n) is 18.3. The van der Waals surface area contributed by atoms with Crippen LogP contribution in [0.5, 0.6) is 5.75 Å². The van der Waals surface area contributed by atoms with E-state index in [1.165, 1.54) is 12.3 Å². The first kappa shape index (κ1) is 22.6. The van der Waals surface area contributed by atoms with E-state index >= 15 is 0 Å². The Morgan fingerprint density at radius 3 is 2.74 bits per heavy atom. The quantitative estimate of drug-likeness (QED) is 0.549. The number of methoxy groups -OCH3 is 1. The van der Waals surface area contributed by atoms with E-state index in [1.54, 1.807) is 16.6 Å². The van der Waals surface area contributed by atoms with E-state index in [4.69, 9.17) is 4.74 Å². The number of pyridine rings is 1. The number of ether oxygens (including phenoxy) is 1. The topological polar surface area (TPSA) is 97.6 Å². The van der Waals surface area contributed by atoms with Crippen molar-refractivity contribution in [2.45, 2.75) is 25.3 Å². The summed E-state index contributed by atoms with van der Waals surface area (Å²) in [6, 6.07) is 3.00. The van der Waals surface area contributed by atoms with Gasteiger partial charge in [-0.2, -0.15) is 0 Å². The lowest BCUT2D eigenvalue weighted by atomic mass is 10.1. The van der Waals surface area contributed by atoms with Gasteiger partial charge in [0.2, 0.25) is 5.43 Å². The molecule has 3 heterocycles. The Balaban J connectivity index is 1.50. The molecule has 1 fully saturated rings. The Labute approximate surface area is 197 Å². The third-order valence-electron chi connectivity index (χ3n) is 6.11. The van der Waals surface area contributed by atoms with Crippen molar-refractivity contribution >= 4 is 17.2 Å². The summed E-state index contributed by atoms with van der Waals surface area (Å²) in [4.78, 5) is 27.8. The van der Waals surface area contributed by atoms with Crippen LogP contribution in [0.4, 0.5) is 8.78 Å². The smallest absolute Gasteiger partial charge is 0.274 e. The molecule has 3 aromatic rings. The lowest BCUT2D eigenvalue weighted by Gasteiger charge is -2.36. The zero-order valence-corrected chi connectivity index (χ0v) is 19.1. The molecule has 0 saturated heterocycles. The fraction of sp³-hybridized carbons (Fsp3) is 0.391. The van der Waals surface area contributed by atoms with Crippen molar-refractivity contribution in [3.63, 3.8) is 0 Å². The Morgan fingerprint density at radius 2 is 2.03 bits per heavy atom. The minimum absolute atomic E-state index is 0.0548. The number of hydrogen-bond acceptors (Lipinski definition) is 7. The summed E-state index contributed by atoms with van der Waals surface area (Å²) >= 11 is 1.07. The molecule has 1 aromatic carbocycles. The van der Waals surface area contributed by atoms with Crippen LogP contribution in [0.25, 0.3) is 10.6 Å². The molecule has 0 spiro atoms. The summed E-state index contributed by atoms with van der Waals surface area (Å²) in [5.74, 6) is -1.93. The van der Waals surface area contributed by atoms with Crippen molar-refractivity contribution in [2.75, 3.05) is 26.8 Å². The van der Waals surface area contributed by atoms with E-state index in [1.807, 2.05) is 0 Å². The number of carbonyl (C=O) groups excluding carboxylic acids is 1. The molecule has 5 rings (SSSR count). The van der Waals surface area contributed by atoms with Crippen molar-refractivity contribution in [2.24, 2.45) is 5.92 Å². The molecule has 0 bridgehead atoms. The summed E-state index contributed by atoms with van der Waals surface area (Å²) in [7, 11) is 1.55. The molecule has 1 aliphatic carbocycles. The highest BCUT2D eigenvalue weighted by atomic mass is 32.1. The van der Waals surface area contributed by atoms with E-state index in [-0.39, 0.29) is 46.8 Å². The first-order chi connectivity index (χ1) is 16.4. The van der Waals surface area contributed by atoms with Crippen LogP contribution in [0, 0.1) is 17.6 Å². The first-order valence-corrected chi connectivity index (χ1v) is 11.7. The zero-order chi connectivity index (χ0) is 24.0. The molecule has 34 heavy (non-hydrogen) atoms. The average molecular weight is 489 g/mol. The maximum atomic E-state index is 14.0. The molecule has 11 heteroatoms.